The van der Waals surface area contributed by atoms with Crippen LogP contribution in [0.3, 0.4) is 0 Å². The van der Waals surface area contributed by atoms with Crippen molar-refractivity contribution in [3.8, 4) is 0 Å². The molecule has 0 heterocycles. The number of hydrogen-bond acceptors (Lipinski definition) is 2. The van der Waals surface area contributed by atoms with Crippen LogP contribution in [0.15, 0.2) is 11.4 Å². The Morgan fingerprint density at radius 2 is 1.79 bits per heavy atom. The summed E-state index contributed by atoms with van der Waals surface area (Å²) in [6.07, 6.45) is 0. The highest BCUT2D eigenvalue weighted by molar-refractivity contribution is 5.78. The molecule has 0 saturated heterocycles. The fraction of sp³-hybridized carbons (Fsp3) is 0.727. The van der Waals surface area contributed by atoms with Gasteiger partial charge in [-0.1, -0.05) is 13.8 Å². The molecule has 0 N–H and O–H groups in total. The Bertz CT molecular complexity index is 288. The number of methoxy groups -OCH3 is 1. The molecule has 1 rings (SSSR count). The van der Waals surface area contributed by atoms with Gasteiger partial charge in [0.25, 0.3) is 0 Å². The lowest BCUT2D eigenvalue weighted by atomic mass is 10.1. The third-order valence-corrected chi connectivity index (χ3v) is 3.03. The Morgan fingerprint density at radius 1 is 1.29 bits per heavy atom. The molecule has 2 unspecified atom stereocenters. The molecule has 1 aliphatic rings. The molecule has 0 aliphatic heterocycles. The highest BCUT2D eigenvalue weighted by Gasteiger charge is 2.64. The SMILES string of the molecule is COC(=O)C1C(C(F)=C(C)C)C1(C)C. The fourth-order valence-corrected chi connectivity index (χ4v) is 1.99. The quantitative estimate of drug-likeness (QED) is 0.640. The van der Waals surface area contributed by atoms with Crippen LogP contribution in [0.5, 0.6) is 0 Å². The lowest BCUT2D eigenvalue weighted by Gasteiger charge is -2.00. The third kappa shape index (κ3) is 1.56. The van der Waals surface area contributed by atoms with E-state index in [4.69, 9.17) is 0 Å². The van der Waals surface area contributed by atoms with Crippen LogP contribution in [0.4, 0.5) is 4.39 Å². The molecule has 1 saturated carbocycles. The van der Waals surface area contributed by atoms with Gasteiger partial charge in [0.05, 0.1) is 13.0 Å². The summed E-state index contributed by atoms with van der Waals surface area (Å²) in [4.78, 5) is 11.3. The molecular formula is C11H17FO2. The molecule has 1 fully saturated rings. The third-order valence-electron chi connectivity index (χ3n) is 3.03. The van der Waals surface area contributed by atoms with E-state index in [0.717, 1.165) is 0 Å². The Labute approximate surface area is 84.1 Å². The monoisotopic (exact) mass is 200 g/mol. The minimum atomic E-state index is -0.317. The minimum absolute atomic E-state index is 0.162. The molecule has 1 aliphatic carbocycles. The van der Waals surface area contributed by atoms with Crippen LogP contribution in [0.2, 0.25) is 0 Å². The largest absolute Gasteiger partial charge is 0.469 e. The zero-order valence-electron chi connectivity index (χ0n) is 9.35. The summed E-state index contributed by atoms with van der Waals surface area (Å²) in [5.74, 6) is -1.08. The van der Waals surface area contributed by atoms with Crippen molar-refractivity contribution in [3.05, 3.63) is 11.4 Å². The van der Waals surface area contributed by atoms with Crippen molar-refractivity contribution in [2.24, 2.45) is 17.3 Å². The first-order chi connectivity index (χ1) is 6.34. The van der Waals surface area contributed by atoms with Crippen LogP contribution in [0, 0.1) is 17.3 Å². The number of ether oxygens (including phenoxy) is 1. The Morgan fingerprint density at radius 3 is 2.14 bits per heavy atom. The van der Waals surface area contributed by atoms with E-state index in [1.165, 1.54) is 7.11 Å². The molecule has 3 heteroatoms. The predicted molar refractivity (Wildman–Crippen MR) is 52.3 cm³/mol. The average molecular weight is 200 g/mol. The summed E-state index contributed by atoms with van der Waals surface area (Å²) in [5.41, 5.74) is 0.350. The second-order valence-electron chi connectivity index (χ2n) is 4.65. The standard InChI is InChI=1S/C11H17FO2/c1-6(2)9(12)7-8(10(13)14-5)11(7,3)4/h7-8H,1-5H3. The normalized spacial score (nSPS) is 28.1. The van der Waals surface area contributed by atoms with Crippen molar-refractivity contribution < 1.29 is 13.9 Å². The molecule has 0 bridgehead atoms. The van der Waals surface area contributed by atoms with Crippen molar-refractivity contribution in [2.45, 2.75) is 27.7 Å². The number of rotatable bonds is 2. The molecule has 0 aromatic carbocycles. The maximum absolute atomic E-state index is 13.6. The smallest absolute Gasteiger partial charge is 0.309 e. The van der Waals surface area contributed by atoms with Crippen LogP contribution in [-0.4, -0.2) is 13.1 Å². The zero-order chi connectivity index (χ0) is 11.1. The van der Waals surface area contributed by atoms with E-state index in [-0.39, 0.29) is 29.0 Å². The highest BCUT2D eigenvalue weighted by atomic mass is 19.1. The molecule has 80 valence electrons. The molecule has 0 aromatic rings. The van der Waals surface area contributed by atoms with Crippen molar-refractivity contribution in [3.63, 3.8) is 0 Å². The highest BCUT2D eigenvalue weighted by Crippen LogP contribution is 2.62. The van der Waals surface area contributed by atoms with Gasteiger partial charge in [-0.2, -0.15) is 0 Å². The van der Waals surface area contributed by atoms with Crippen LogP contribution in [0.1, 0.15) is 27.7 Å². The van der Waals surface area contributed by atoms with Gasteiger partial charge in [0.1, 0.15) is 5.83 Å². The summed E-state index contributed by atoms with van der Waals surface area (Å²) in [6, 6.07) is 0. The van der Waals surface area contributed by atoms with Gasteiger partial charge in [-0.15, -0.1) is 0 Å². The van der Waals surface area contributed by atoms with Gasteiger partial charge in [0.15, 0.2) is 0 Å². The van der Waals surface area contributed by atoms with Crippen molar-refractivity contribution in [2.75, 3.05) is 7.11 Å². The average Bonchev–Trinajstić information content (AvgIpc) is 2.66. The lowest BCUT2D eigenvalue weighted by Crippen LogP contribution is -2.07. The second kappa shape index (κ2) is 3.37. The first-order valence-electron chi connectivity index (χ1n) is 4.74. The van der Waals surface area contributed by atoms with Gasteiger partial charge in [0, 0.05) is 5.92 Å². The molecular weight excluding hydrogens is 183 g/mol. The van der Waals surface area contributed by atoms with E-state index in [9.17, 15) is 9.18 Å². The lowest BCUT2D eigenvalue weighted by molar-refractivity contribution is -0.143. The number of carbonyl (C=O) groups is 1. The summed E-state index contributed by atoms with van der Waals surface area (Å²) < 4.78 is 18.3. The van der Waals surface area contributed by atoms with Gasteiger partial charge >= 0.3 is 5.97 Å². The summed E-state index contributed by atoms with van der Waals surface area (Å²) in [7, 11) is 1.34. The molecule has 0 radical (unpaired) electrons. The van der Waals surface area contributed by atoms with E-state index < -0.39 is 0 Å². The molecule has 14 heavy (non-hydrogen) atoms. The van der Waals surface area contributed by atoms with E-state index in [0.29, 0.717) is 5.57 Å². The van der Waals surface area contributed by atoms with Crippen LogP contribution < -0.4 is 0 Å². The van der Waals surface area contributed by atoms with Gasteiger partial charge in [-0.25, -0.2) is 4.39 Å². The van der Waals surface area contributed by atoms with Gasteiger partial charge < -0.3 is 4.74 Å². The van der Waals surface area contributed by atoms with Crippen LogP contribution in [0.25, 0.3) is 0 Å². The van der Waals surface area contributed by atoms with Gasteiger partial charge in [0.2, 0.25) is 0 Å². The Kier molecular flexibility index (Phi) is 2.70. The first-order valence-corrected chi connectivity index (χ1v) is 4.74. The van der Waals surface area contributed by atoms with Gasteiger partial charge in [-0.05, 0) is 24.8 Å². The minimum Gasteiger partial charge on any atom is -0.469 e. The first kappa shape index (κ1) is 11.2. The summed E-state index contributed by atoms with van der Waals surface area (Å²) in [5, 5.41) is 0. The second-order valence-corrected chi connectivity index (χ2v) is 4.65. The van der Waals surface area contributed by atoms with Crippen LogP contribution >= 0.6 is 0 Å². The molecule has 0 spiro atoms. The maximum atomic E-state index is 13.6. The number of halogens is 1. The maximum Gasteiger partial charge on any atom is 0.309 e. The van der Waals surface area contributed by atoms with E-state index in [1.54, 1.807) is 13.8 Å². The summed E-state index contributed by atoms with van der Waals surface area (Å²) in [6.45, 7) is 7.22. The van der Waals surface area contributed by atoms with Crippen LogP contribution in [-0.2, 0) is 9.53 Å². The Hall–Kier alpha value is -0.860. The van der Waals surface area contributed by atoms with Crippen molar-refractivity contribution in [1.29, 1.82) is 0 Å². The topological polar surface area (TPSA) is 26.3 Å². The number of carbonyl (C=O) groups excluding carboxylic acids is 1. The number of esters is 1. The molecule has 0 aromatic heterocycles. The van der Waals surface area contributed by atoms with E-state index >= 15 is 0 Å². The van der Waals surface area contributed by atoms with E-state index in [1.807, 2.05) is 13.8 Å². The van der Waals surface area contributed by atoms with Gasteiger partial charge in [-0.3, -0.25) is 4.79 Å². The zero-order valence-corrected chi connectivity index (χ0v) is 9.35. The number of allylic oxidation sites excluding steroid dienone is 2. The number of hydrogen-bond donors (Lipinski definition) is 0. The predicted octanol–water partition coefficient (Wildman–Crippen LogP) is 2.70. The summed E-state index contributed by atoms with van der Waals surface area (Å²) >= 11 is 0. The van der Waals surface area contributed by atoms with Crippen molar-refractivity contribution >= 4 is 5.97 Å². The van der Waals surface area contributed by atoms with Crippen molar-refractivity contribution in [1.82, 2.24) is 0 Å². The molecule has 0 amide bonds. The molecule has 2 nitrogen and oxygen atoms in total. The molecule has 2 atom stereocenters. The Balaban J connectivity index is 2.87. The van der Waals surface area contributed by atoms with E-state index in [2.05, 4.69) is 4.74 Å². The fourth-order valence-electron chi connectivity index (χ4n) is 1.99.